The molecule has 2 atom stereocenters. The van der Waals surface area contributed by atoms with Crippen LogP contribution in [0.3, 0.4) is 0 Å². The van der Waals surface area contributed by atoms with Crippen molar-refractivity contribution >= 4 is 36.9 Å². The third-order valence-corrected chi connectivity index (χ3v) is 7.12. The number of aromatic nitrogens is 1. The van der Waals surface area contributed by atoms with E-state index in [1.54, 1.807) is 20.0 Å². The number of urea groups is 1. The van der Waals surface area contributed by atoms with Crippen LogP contribution >= 0.6 is 24.8 Å². The Morgan fingerprint density at radius 1 is 1.16 bits per heavy atom. The monoisotopic (exact) mass is 559 g/mol. The maximum absolute atomic E-state index is 14.2. The van der Waals surface area contributed by atoms with Gasteiger partial charge < -0.3 is 4.74 Å². The van der Waals surface area contributed by atoms with Gasteiger partial charge in [-0.05, 0) is 63.4 Å². The minimum absolute atomic E-state index is 0. The Kier molecular flexibility index (Phi) is 10.4. The van der Waals surface area contributed by atoms with Gasteiger partial charge in [-0.3, -0.25) is 4.98 Å². The number of pyridine rings is 1. The molecular weight excluding hydrogens is 525 g/mol. The molecule has 3 amide bonds. The summed E-state index contributed by atoms with van der Waals surface area (Å²) in [4.78, 5) is 31.7. The number of hydrogen-bond acceptors (Lipinski definition) is 5. The zero-order valence-corrected chi connectivity index (χ0v) is 22.9. The van der Waals surface area contributed by atoms with Gasteiger partial charge in [0.15, 0.2) is 23.3 Å². The summed E-state index contributed by atoms with van der Waals surface area (Å²) in [5.74, 6) is -1.70. The predicted molar refractivity (Wildman–Crippen MR) is 141 cm³/mol. The Hall–Kier alpha value is -2.33. The summed E-state index contributed by atoms with van der Waals surface area (Å²) < 4.78 is 33.0. The van der Waals surface area contributed by atoms with Crippen molar-refractivity contribution in [3.05, 3.63) is 65.5 Å². The van der Waals surface area contributed by atoms with E-state index in [2.05, 4.69) is 10.4 Å². The highest BCUT2D eigenvalue weighted by Crippen LogP contribution is 2.47. The van der Waals surface area contributed by atoms with Gasteiger partial charge in [-0.2, -0.15) is 4.79 Å². The molecule has 4 rings (SSSR count). The molecule has 2 fully saturated rings. The van der Waals surface area contributed by atoms with Crippen molar-refractivity contribution < 1.29 is 27.6 Å². The van der Waals surface area contributed by atoms with E-state index in [1.807, 2.05) is 30.1 Å². The molecule has 0 aliphatic carbocycles. The van der Waals surface area contributed by atoms with Crippen molar-refractivity contribution in [1.29, 1.82) is 0 Å². The number of nitrogens with one attached hydrogen (secondary N) is 1. The van der Waals surface area contributed by atoms with Crippen LogP contribution in [-0.4, -0.2) is 51.8 Å². The zero-order valence-electron chi connectivity index (χ0n) is 21.3. The lowest BCUT2D eigenvalue weighted by Crippen LogP contribution is -2.64. The van der Waals surface area contributed by atoms with Crippen LogP contribution < -0.4 is 5.43 Å². The molecule has 0 radical (unpaired) electrons. The number of halogens is 4. The van der Waals surface area contributed by atoms with Crippen LogP contribution in [0, 0.1) is 11.6 Å². The normalized spacial score (nSPS) is 23.5. The van der Waals surface area contributed by atoms with E-state index in [-0.39, 0.29) is 31.4 Å². The van der Waals surface area contributed by atoms with Gasteiger partial charge in [0.1, 0.15) is 0 Å². The number of amides is 3. The molecule has 7 nitrogen and oxygen atoms in total. The largest absolute Gasteiger partial charge is 0.526 e. The van der Waals surface area contributed by atoms with Crippen LogP contribution in [-0.2, 0) is 4.74 Å². The molecule has 1 aromatic heterocycles. The van der Waals surface area contributed by atoms with Gasteiger partial charge in [0, 0.05) is 36.5 Å². The maximum Gasteiger partial charge on any atom is 0.526 e. The number of cyclic esters (lactones) is 1. The SMILES string of the molecule is CCCC[N+]1(C(=O)NN2CCC(c3ccccn3)CC2)C(=O)OC(C)(C)C1c1ccc(F)c(F)c1.Cl.Cl. The molecule has 0 bridgehead atoms. The molecule has 3 heterocycles. The fourth-order valence-electron chi connectivity index (χ4n) is 5.40. The van der Waals surface area contributed by atoms with Crippen LogP contribution in [0.15, 0.2) is 42.6 Å². The summed E-state index contributed by atoms with van der Waals surface area (Å²) in [7, 11) is 0. The van der Waals surface area contributed by atoms with Crippen molar-refractivity contribution in [3.8, 4) is 0 Å². The summed E-state index contributed by atoms with van der Waals surface area (Å²) in [6.07, 6.45) is 4.06. The van der Waals surface area contributed by atoms with Crippen LogP contribution in [0.4, 0.5) is 18.4 Å². The molecule has 2 aliphatic heterocycles. The van der Waals surface area contributed by atoms with Gasteiger partial charge in [-0.1, -0.05) is 19.4 Å². The summed E-state index contributed by atoms with van der Waals surface area (Å²) in [6.45, 7) is 6.78. The first kappa shape index (κ1) is 30.9. The lowest BCUT2D eigenvalue weighted by molar-refractivity contribution is -0.798. The number of quaternary nitrogens is 1. The first-order valence-corrected chi connectivity index (χ1v) is 12.2. The molecule has 11 heteroatoms. The van der Waals surface area contributed by atoms with E-state index >= 15 is 0 Å². The van der Waals surface area contributed by atoms with Crippen LogP contribution in [0.1, 0.15) is 69.7 Å². The number of hydrogen-bond donors (Lipinski definition) is 1. The van der Waals surface area contributed by atoms with E-state index in [0.29, 0.717) is 31.0 Å². The second-order valence-corrected chi connectivity index (χ2v) is 9.93. The molecule has 37 heavy (non-hydrogen) atoms. The Bertz CT molecular complexity index is 1080. The minimum Gasteiger partial charge on any atom is -0.407 e. The van der Waals surface area contributed by atoms with Crippen molar-refractivity contribution in [2.75, 3.05) is 19.6 Å². The third kappa shape index (κ3) is 6.06. The van der Waals surface area contributed by atoms with E-state index in [1.165, 1.54) is 6.07 Å². The molecule has 2 aliphatic rings. The lowest BCUT2D eigenvalue weighted by atomic mass is 9.89. The minimum atomic E-state index is -1.10. The molecule has 2 aromatic rings. The maximum atomic E-state index is 14.2. The number of rotatable bonds is 6. The average molecular weight is 560 g/mol. The quantitative estimate of drug-likeness (QED) is 0.421. The standard InChI is InChI=1S/C26H32F2N4O3.2ClH/c1-4-5-16-32(23(26(2,3)35-25(32)34)19-9-10-20(27)21(28)17-19)24(33)30-31-14-11-18(12-15-31)22-8-6-7-13-29-22;;/h6-10,13,17-18,23H,4-5,11-12,14-16H2,1-3H3;2*1H/p+1. The predicted octanol–water partition coefficient (Wildman–Crippen LogP) is 6.29. The van der Waals surface area contributed by atoms with E-state index in [0.717, 1.165) is 37.1 Å². The van der Waals surface area contributed by atoms with Gasteiger partial charge >= 0.3 is 12.1 Å². The Balaban J connectivity index is 0.00000241. The number of carbonyl (C=O) groups excluding carboxylic acids is 2. The number of imide groups is 1. The van der Waals surface area contributed by atoms with Crippen molar-refractivity contribution in [2.24, 2.45) is 0 Å². The third-order valence-electron chi connectivity index (χ3n) is 7.12. The van der Waals surface area contributed by atoms with Crippen molar-refractivity contribution in [3.63, 3.8) is 0 Å². The Labute approximate surface area is 228 Å². The highest BCUT2D eigenvalue weighted by molar-refractivity contribution is 5.85. The number of unbranched alkanes of at least 4 members (excludes halogenated alkanes) is 1. The van der Waals surface area contributed by atoms with Gasteiger partial charge in [0.05, 0.1) is 6.54 Å². The van der Waals surface area contributed by atoms with Gasteiger partial charge in [-0.15, -0.1) is 29.3 Å². The van der Waals surface area contributed by atoms with Crippen LogP contribution in [0.2, 0.25) is 0 Å². The summed E-state index contributed by atoms with van der Waals surface area (Å²) in [5.41, 5.74) is 3.24. The number of benzene rings is 1. The molecule has 1 N–H and O–H groups in total. The number of hydrazine groups is 1. The first-order valence-electron chi connectivity index (χ1n) is 12.2. The highest BCUT2D eigenvalue weighted by Gasteiger charge is 2.67. The van der Waals surface area contributed by atoms with E-state index < -0.39 is 39.9 Å². The molecule has 1 aromatic carbocycles. The number of piperidine rings is 1. The number of ether oxygens (including phenoxy) is 1. The van der Waals surface area contributed by atoms with Crippen molar-refractivity contribution in [1.82, 2.24) is 15.4 Å². The average Bonchev–Trinajstić information content (AvgIpc) is 3.05. The van der Waals surface area contributed by atoms with E-state index in [9.17, 15) is 18.4 Å². The highest BCUT2D eigenvalue weighted by atomic mass is 35.5. The fraction of sp³-hybridized carbons (Fsp3) is 0.500. The summed E-state index contributed by atoms with van der Waals surface area (Å²) in [5, 5.41) is 1.83. The second-order valence-electron chi connectivity index (χ2n) is 9.93. The van der Waals surface area contributed by atoms with Crippen LogP contribution in [0.5, 0.6) is 0 Å². The van der Waals surface area contributed by atoms with Gasteiger partial charge in [0.2, 0.25) is 0 Å². The molecular formula is C26H35Cl2F2N4O3+. The zero-order chi connectivity index (χ0) is 25.2. The molecule has 0 spiro atoms. The van der Waals surface area contributed by atoms with E-state index in [4.69, 9.17) is 4.74 Å². The smallest absolute Gasteiger partial charge is 0.407 e. The molecule has 2 unspecified atom stereocenters. The Morgan fingerprint density at radius 2 is 1.86 bits per heavy atom. The lowest BCUT2D eigenvalue weighted by Gasteiger charge is -2.37. The molecule has 2 saturated heterocycles. The second kappa shape index (κ2) is 12.5. The molecule has 204 valence electrons. The summed E-state index contributed by atoms with van der Waals surface area (Å²) >= 11 is 0. The molecule has 0 saturated carbocycles. The van der Waals surface area contributed by atoms with Gasteiger partial charge in [-0.25, -0.2) is 24.0 Å². The van der Waals surface area contributed by atoms with Gasteiger partial charge in [0.25, 0.3) is 0 Å². The number of nitrogens with zero attached hydrogens (tertiary/aromatic N) is 3. The van der Waals surface area contributed by atoms with Crippen LogP contribution in [0.25, 0.3) is 0 Å². The fourth-order valence-corrected chi connectivity index (χ4v) is 5.40. The van der Waals surface area contributed by atoms with Crippen molar-refractivity contribution in [2.45, 2.75) is 64.0 Å². The topological polar surface area (TPSA) is 71.5 Å². The Morgan fingerprint density at radius 3 is 2.46 bits per heavy atom. The summed E-state index contributed by atoms with van der Waals surface area (Å²) in [6, 6.07) is 8.04. The number of carbonyl (C=O) groups is 2. The first-order chi connectivity index (χ1) is 16.7.